The van der Waals surface area contributed by atoms with Gasteiger partial charge >= 0.3 is 0 Å². The maximum absolute atomic E-state index is 14.4. The molecule has 5 heterocycles. The highest BCUT2D eigenvalue weighted by molar-refractivity contribution is 6.00. The molecule has 1 saturated carbocycles. The number of imidazole rings is 1. The van der Waals surface area contributed by atoms with E-state index in [9.17, 15) is 14.0 Å². The van der Waals surface area contributed by atoms with E-state index in [1.165, 1.54) is 17.7 Å². The first-order valence-electron chi connectivity index (χ1n) is 16.8. The van der Waals surface area contributed by atoms with E-state index in [1.807, 2.05) is 47.5 Å². The Kier molecular flexibility index (Phi) is 7.47. The van der Waals surface area contributed by atoms with Crippen molar-refractivity contribution in [2.24, 2.45) is 17.1 Å². The topological polar surface area (TPSA) is 112 Å². The number of alkyl halides is 1. The number of nitrogens with zero attached hydrogens (tertiary/aromatic N) is 6. The molecule has 0 radical (unpaired) electrons. The van der Waals surface area contributed by atoms with Crippen molar-refractivity contribution in [3.05, 3.63) is 78.0 Å². The van der Waals surface area contributed by atoms with E-state index >= 15 is 0 Å². The number of fused-ring (bicyclic) bond motifs is 2. The fourth-order valence-corrected chi connectivity index (χ4v) is 7.56. The molecule has 0 spiro atoms. The zero-order valence-electron chi connectivity index (χ0n) is 27.3. The number of methoxy groups -OCH3 is 1. The van der Waals surface area contributed by atoms with Gasteiger partial charge in [-0.2, -0.15) is 0 Å². The lowest BCUT2D eigenvalue weighted by Gasteiger charge is -2.48. The molecule has 3 aromatic heterocycles. The smallest absolute Gasteiger partial charge is 0.254 e. The zero-order valence-corrected chi connectivity index (χ0v) is 27.3. The number of hydrogen-bond donors (Lipinski definition) is 1. The van der Waals surface area contributed by atoms with Crippen molar-refractivity contribution in [3.63, 3.8) is 0 Å². The number of halogens is 1. The number of piperidine rings is 1. The molecular formula is C37H40FN7O3. The molecule has 248 valence electrons. The Labute approximate surface area is 278 Å². The Morgan fingerprint density at radius 1 is 0.979 bits per heavy atom. The Bertz CT molecular complexity index is 2020. The molecule has 2 aliphatic heterocycles. The standard InChI is InChI=1S/C37H40FN7O3/c1-37(20-43(21-37)35(46)24-7-4-3-5-8-24)22-45-32-29(13-26(15-31(32)48-2)36(47)42-18-27(38)16-28(39)19-42)41-34(45)30-14-25-9-6-12-40-33(25)44(30)17-23-10-11-23/h3-9,12-15,23,27-28H,10-11,16-22,39H2,1-2H3/t27-,28-/m1/s1. The first kappa shape index (κ1) is 30.6. The lowest BCUT2D eigenvalue weighted by Crippen LogP contribution is -2.58. The molecule has 2 saturated heterocycles. The molecule has 3 aliphatic rings. The number of rotatable bonds is 8. The first-order chi connectivity index (χ1) is 23.2. The van der Waals surface area contributed by atoms with E-state index in [0.29, 0.717) is 54.5 Å². The normalized spacial score (nSPS) is 20.7. The maximum Gasteiger partial charge on any atom is 0.254 e. The summed E-state index contributed by atoms with van der Waals surface area (Å²) < 4.78 is 24.9. The molecule has 1 aliphatic carbocycles. The van der Waals surface area contributed by atoms with Crippen LogP contribution in [0, 0.1) is 11.3 Å². The van der Waals surface area contributed by atoms with Gasteiger partial charge in [-0.25, -0.2) is 14.4 Å². The Balaban J connectivity index is 1.23. The van der Waals surface area contributed by atoms with Crippen molar-refractivity contribution < 1.29 is 18.7 Å². The molecule has 0 bridgehead atoms. The first-order valence-corrected chi connectivity index (χ1v) is 16.8. The van der Waals surface area contributed by atoms with E-state index in [-0.39, 0.29) is 30.2 Å². The lowest BCUT2D eigenvalue weighted by molar-refractivity contribution is 0.00729. The van der Waals surface area contributed by atoms with E-state index in [0.717, 1.165) is 34.6 Å². The molecule has 2 N–H and O–H groups in total. The quantitative estimate of drug-likeness (QED) is 0.249. The number of nitrogens with two attached hydrogens (primary N) is 1. The second-order valence-electron chi connectivity index (χ2n) is 14.2. The predicted octanol–water partition coefficient (Wildman–Crippen LogP) is 5.15. The largest absolute Gasteiger partial charge is 0.494 e. The molecule has 10 nitrogen and oxygen atoms in total. The molecular weight excluding hydrogens is 609 g/mol. The minimum absolute atomic E-state index is 0.0113. The zero-order chi connectivity index (χ0) is 33.2. The van der Waals surface area contributed by atoms with Crippen LogP contribution in [-0.2, 0) is 13.1 Å². The third kappa shape index (κ3) is 5.49. The van der Waals surface area contributed by atoms with E-state index < -0.39 is 12.2 Å². The van der Waals surface area contributed by atoms with Crippen LogP contribution < -0.4 is 10.5 Å². The van der Waals surface area contributed by atoms with Crippen molar-refractivity contribution in [2.75, 3.05) is 33.3 Å². The molecule has 8 rings (SSSR count). The monoisotopic (exact) mass is 649 g/mol. The van der Waals surface area contributed by atoms with Crippen molar-refractivity contribution >= 4 is 33.9 Å². The Morgan fingerprint density at radius 2 is 1.75 bits per heavy atom. The van der Waals surface area contributed by atoms with Crippen LogP contribution in [0.3, 0.4) is 0 Å². The van der Waals surface area contributed by atoms with Gasteiger partial charge in [-0.15, -0.1) is 0 Å². The number of ether oxygens (including phenoxy) is 1. The molecule has 48 heavy (non-hydrogen) atoms. The number of likely N-dealkylation sites (tertiary alicyclic amines) is 2. The number of carbonyl (C=O) groups is 2. The van der Waals surface area contributed by atoms with Crippen LogP contribution in [0.25, 0.3) is 33.6 Å². The summed E-state index contributed by atoms with van der Waals surface area (Å²) in [5.74, 6) is 1.58. The van der Waals surface area contributed by atoms with Crippen LogP contribution >= 0.6 is 0 Å². The summed E-state index contributed by atoms with van der Waals surface area (Å²) in [4.78, 5) is 40.3. The van der Waals surface area contributed by atoms with Crippen LogP contribution in [-0.4, -0.2) is 86.2 Å². The van der Waals surface area contributed by atoms with E-state index in [4.69, 9.17) is 20.4 Å². The SMILES string of the molecule is COc1cc(C(=O)N2C[C@H](N)C[C@@H](F)C2)cc2nc(-c3cc4cccnc4n3CC3CC3)n(CC3(C)CN(C(=O)c4ccccc4)C3)c12. The van der Waals surface area contributed by atoms with E-state index in [1.54, 1.807) is 19.2 Å². The van der Waals surface area contributed by atoms with Gasteiger partial charge in [0.2, 0.25) is 0 Å². The minimum Gasteiger partial charge on any atom is -0.494 e. The number of carbonyl (C=O) groups excluding carboxylic acids is 2. The molecule has 5 aromatic rings. The third-order valence-electron chi connectivity index (χ3n) is 10.0. The summed E-state index contributed by atoms with van der Waals surface area (Å²) in [6, 6.07) is 18.6. The summed E-state index contributed by atoms with van der Waals surface area (Å²) in [6.45, 7) is 5.09. The van der Waals surface area contributed by atoms with Gasteiger partial charge in [-0.3, -0.25) is 9.59 Å². The average Bonchev–Trinajstić information content (AvgIpc) is 3.73. The predicted molar refractivity (Wildman–Crippen MR) is 182 cm³/mol. The van der Waals surface area contributed by atoms with Crippen molar-refractivity contribution in [1.29, 1.82) is 0 Å². The van der Waals surface area contributed by atoms with Crippen LogP contribution in [0.1, 0.15) is 46.9 Å². The lowest BCUT2D eigenvalue weighted by atomic mass is 9.81. The van der Waals surface area contributed by atoms with Gasteiger partial charge in [0, 0.05) is 66.9 Å². The van der Waals surface area contributed by atoms with Crippen LogP contribution in [0.5, 0.6) is 5.75 Å². The summed E-state index contributed by atoms with van der Waals surface area (Å²) in [5.41, 5.74) is 10.2. The van der Waals surface area contributed by atoms with Crippen molar-refractivity contribution in [2.45, 2.75) is 51.5 Å². The molecule has 2 atom stereocenters. The van der Waals surface area contributed by atoms with Gasteiger partial charge in [0.05, 0.1) is 24.9 Å². The summed E-state index contributed by atoms with van der Waals surface area (Å²) in [7, 11) is 1.59. The van der Waals surface area contributed by atoms with Gasteiger partial charge in [-0.1, -0.05) is 25.1 Å². The highest BCUT2D eigenvalue weighted by atomic mass is 19.1. The number of hydrogen-bond acceptors (Lipinski definition) is 6. The van der Waals surface area contributed by atoms with Crippen LogP contribution in [0.2, 0.25) is 0 Å². The Morgan fingerprint density at radius 3 is 2.48 bits per heavy atom. The van der Waals surface area contributed by atoms with Crippen molar-refractivity contribution in [1.82, 2.24) is 28.9 Å². The molecule has 11 heteroatoms. The number of pyridine rings is 1. The fraction of sp³-hybridized carbons (Fsp3) is 0.405. The third-order valence-corrected chi connectivity index (χ3v) is 10.0. The van der Waals surface area contributed by atoms with Crippen molar-refractivity contribution in [3.8, 4) is 17.3 Å². The number of benzene rings is 2. The van der Waals surface area contributed by atoms with Crippen LogP contribution in [0.4, 0.5) is 4.39 Å². The van der Waals surface area contributed by atoms with Crippen LogP contribution in [0.15, 0.2) is 66.9 Å². The summed E-state index contributed by atoms with van der Waals surface area (Å²) in [5, 5.41) is 1.03. The minimum atomic E-state index is -1.16. The van der Waals surface area contributed by atoms with Gasteiger partial charge in [-0.05, 0) is 67.6 Å². The maximum atomic E-state index is 14.4. The molecule has 3 fully saturated rings. The summed E-state index contributed by atoms with van der Waals surface area (Å²) >= 11 is 0. The molecule has 0 unspecified atom stereocenters. The van der Waals surface area contributed by atoms with Gasteiger partial charge in [0.15, 0.2) is 5.82 Å². The second-order valence-corrected chi connectivity index (χ2v) is 14.2. The number of aromatic nitrogens is 4. The second kappa shape index (κ2) is 11.7. The van der Waals surface area contributed by atoms with Gasteiger partial charge in [0.1, 0.15) is 23.1 Å². The summed E-state index contributed by atoms with van der Waals surface area (Å²) in [6.07, 6.45) is 3.28. The average molecular weight is 650 g/mol. The van der Waals surface area contributed by atoms with E-state index in [2.05, 4.69) is 28.2 Å². The number of amides is 2. The molecule has 2 aromatic carbocycles. The fourth-order valence-electron chi connectivity index (χ4n) is 7.56. The highest BCUT2D eigenvalue weighted by Gasteiger charge is 2.43. The Hall–Kier alpha value is -4.77. The molecule has 2 amide bonds. The highest BCUT2D eigenvalue weighted by Crippen LogP contribution is 2.41. The van der Waals surface area contributed by atoms with Gasteiger partial charge in [0.25, 0.3) is 11.8 Å². The van der Waals surface area contributed by atoms with Gasteiger partial charge < -0.3 is 29.4 Å².